The lowest BCUT2D eigenvalue weighted by Crippen LogP contribution is -2.38. The second-order valence-corrected chi connectivity index (χ2v) is 8.02. The maximum Gasteiger partial charge on any atom is 0.255 e. The topological polar surface area (TPSA) is 93.9 Å². The third-order valence-corrected chi connectivity index (χ3v) is 5.52. The Morgan fingerprint density at radius 3 is 2.19 bits per heavy atom. The molecule has 1 heterocycles. The van der Waals surface area contributed by atoms with Crippen molar-refractivity contribution in [2.75, 3.05) is 36.5 Å². The molecule has 1 aliphatic heterocycles. The first-order chi connectivity index (χ1) is 15.5. The predicted molar refractivity (Wildman–Crippen MR) is 127 cm³/mol. The molecule has 172 valence electrons. The predicted octanol–water partition coefficient (Wildman–Crippen LogP) is 4.22. The van der Waals surface area contributed by atoms with Gasteiger partial charge in [0.15, 0.2) is 11.5 Å². The van der Waals surface area contributed by atoms with E-state index in [1.54, 1.807) is 18.2 Å². The molecule has 0 aliphatic carbocycles. The number of rotatable bonds is 10. The summed E-state index contributed by atoms with van der Waals surface area (Å²) in [4.78, 5) is 26.4. The average molecular weight is 440 g/mol. The first-order valence-electron chi connectivity index (χ1n) is 11.4. The number of anilines is 2. The van der Waals surface area contributed by atoms with Crippen molar-refractivity contribution in [2.45, 2.75) is 39.5 Å². The van der Waals surface area contributed by atoms with Crippen molar-refractivity contribution < 1.29 is 19.1 Å². The highest BCUT2D eigenvalue weighted by molar-refractivity contribution is 6.04. The molecule has 0 unspecified atom stereocenters. The van der Waals surface area contributed by atoms with Crippen LogP contribution in [-0.4, -0.2) is 38.1 Å². The summed E-state index contributed by atoms with van der Waals surface area (Å²) in [7, 11) is 0. The number of ether oxygens (including phenoxy) is 2. The standard InChI is InChI=1S/C25H33N3O4/c1-3-15-31-22-10-5-19(17-23(22)32-16-4-2)25(30)27-20-6-8-21(9-7-20)28-13-11-18(12-14-28)24(26)29/h5-10,17-18H,3-4,11-16H2,1-2H3,(H2,26,29)(H,27,30). The Balaban J connectivity index is 1.63. The van der Waals surface area contributed by atoms with Crippen molar-refractivity contribution in [1.29, 1.82) is 0 Å². The first kappa shape index (κ1) is 23.4. The highest BCUT2D eigenvalue weighted by Crippen LogP contribution is 2.30. The quantitative estimate of drug-likeness (QED) is 0.578. The number of amides is 2. The molecule has 0 bridgehead atoms. The van der Waals surface area contributed by atoms with Gasteiger partial charge in [-0.15, -0.1) is 0 Å². The number of piperidine rings is 1. The molecule has 7 nitrogen and oxygen atoms in total. The maximum absolute atomic E-state index is 12.8. The van der Waals surface area contributed by atoms with Crippen LogP contribution in [0.25, 0.3) is 0 Å². The van der Waals surface area contributed by atoms with E-state index in [9.17, 15) is 9.59 Å². The Bertz CT molecular complexity index is 906. The molecular formula is C25H33N3O4. The van der Waals surface area contributed by atoms with E-state index in [-0.39, 0.29) is 17.7 Å². The zero-order chi connectivity index (χ0) is 22.9. The van der Waals surface area contributed by atoms with Crippen LogP contribution in [0.1, 0.15) is 49.9 Å². The number of benzene rings is 2. The summed E-state index contributed by atoms with van der Waals surface area (Å²) in [6.07, 6.45) is 3.31. The lowest BCUT2D eigenvalue weighted by Gasteiger charge is -2.32. The van der Waals surface area contributed by atoms with E-state index in [0.29, 0.717) is 36.0 Å². The molecular weight excluding hydrogens is 406 g/mol. The summed E-state index contributed by atoms with van der Waals surface area (Å²) in [6, 6.07) is 13.0. The summed E-state index contributed by atoms with van der Waals surface area (Å²) in [5.41, 5.74) is 7.71. The summed E-state index contributed by atoms with van der Waals surface area (Å²) in [5, 5.41) is 2.94. The van der Waals surface area contributed by atoms with Crippen LogP contribution in [0.5, 0.6) is 11.5 Å². The van der Waals surface area contributed by atoms with Crippen molar-refractivity contribution in [2.24, 2.45) is 11.7 Å². The minimum Gasteiger partial charge on any atom is -0.490 e. The molecule has 3 N–H and O–H groups in total. The number of carbonyl (C=O) groups is 2. The van der Waals surface area contributed by atoms with Gasteiger partial charge in [-0.3, -0.25) is 9.59 Å². The largest absolute Gasteiger partial charge is 0.490 e. The van der Waals surface area contributed by atoms with Gasteiger partial charge in [0.1, 0.15) is 0 Å². The number of primary amides is 1. The molecule has 3 rings (SSSR count). The van der Waals surface area contributed by atoms with E-state index in [1.807, 2.05) is 38.1 Å². The van der Waals surface area contributed by atoms with E-state index in [0.717, 1.165) is 44.5 Å². The molecule has 0 saturated carbocycles. The van der Waals surface area contributed by atoms with E-state index in [4.69, 9.17) is 15.2 Å². The van der Waals surface area contributed by atoms with Crippen LogP contribution in [0.15, 0.2) is 42.5 Å². The Kier molecular flexibility index (Phi) is 8.36. The van der Waals surface area contributed by atoms with Crippen LogP contribution in [-0.2, 0) is 4.79 Å². The van der Waals surface area contributed by atoms with E-state index in [1.165, 1.54) is 0 Å². The highest BCUT2D eigenvalue weighted by atomic mass is 16.5. The normalized spacial score (nSPS) is 14.1. The van der Waals surface area contributed by atoms with Gasteiger partial charge in [0.2, 0.25) is 5.91 Å². The summed E-state index contributed by atoms with van der Waals surface area (Å²) in [5.74, 6) is 0.790. The first-order valence-corrected chi connectivity index (χ1v) is 11.4. The third kappa shape index (κ3) is 6.15. The fraction of sp³-hybridized carbons (Fsp3) is 0.440. The van der Waals surface area contributed by atoms with Crippen LogP contribution in [0.2, 0.25) is 0 Å². The average Bonchev–Trinajstić information content (AvgIpc) is 2.82. The molecule has 0 spiro atoms. The van der Waals surface area contributed by atoms with Gasteiger partial charge >= 0.3 is 0 Å². The Hall–Kier alpha value is -3.22. The van der Waals surface area contributed by atoms with Gasteiger partial charge < -0.3 is 25.4 Å². The van der Waals surface area contributed by atoms with Gasteiger partial charge in [0, 0.05) is 35.9 Å². The summed E-state index contributed by atoms with van der Waals surface area (Å²) < 4.78 is 11.5. The van der Waals surface area contributed by atoms with Gasteiger partial charge in [0.05, 0.1) is 13.2 Å². The van der Waals surface area contributed by atoms with Crippen molar-refractivity contribution in [1.82, 2.24) is 0 Å². The van der Waals surface area contributed by atoms with Gasteiger partial charge in [0.25, 0.3) is 5.91 Å². The molecule has 1 fully saturated rings. The molecule has 0 atom stereocenters. The lowest BCUT2D eigenvalue weighted by molar-refractivity contribution is -0.122. The number of nitrogens with one attached hydrogen (secondary N) is 1. The third-order valence-electron chi connectivity index (χ3n) is 5.52. The molecule has 32 heavy (non-hydrogen) atoms. The zero-order valence-corrected chi connectivity index (χ0v) is 18.9. The van der Waals surface area contributed by atoms with Gasteiger partial charge in [-0.2, -0.15) is 0 Å². The Morgan fingerprint density at radius 2 is 1.59 bits per heavy atom. The van der Waals surface area contributed by atoms with Gasteiger partial charge in [-0.1, -0.05) is 13.8 Å². The van der Waals surface area contributed by atoms with E-state index >= 15 is 0 Å². The SMILES string of the molecule is CCCOc1ccc(C(=O)Nc2ccc(N3CCC(C(N)=O)CC3)cc2)cc1OCCC. The van der Waals surface area contributed by atoms with Crippen molar-refractivity contribution >= 4 is 23.2 Å². The van der Waals surface area contributed by atoms with E-state index in [2.05, 4.69) is 10.2 Å². The molecule has 2 aromatic rings. The number of carbonyl (C=O) groups excluding carboxylic acids is 2. The second kappa shape index (κ2) is 11.4. The molecule has 0 radical (unpaired) electrons. The van der Waals surface area contributed by atoms with E-state index < -0.39 is 0 Å². The van der Waals surface area contributed by atoms with Crippen molar-refractivity contribution in [3.05, 3.63) is 48.0 Å². The van der Waals surface area contributed by atoms with Gasteiger partial charge in [-0.25, -0.2) is 0 Å². The number of hydrogen-bond donors (Lipinski definition) is 2. The molecule has 2 aromatic carbocycles. The minimum atomic E-state index is -0.212. The zero-order valence-electron chi connectivity index (χ0n) is 18.9. The molecule has 2 amide bonds. The van der Waals surface area contributed by atoms with Crippen LogP contribution < -0.4 is 25.4 Å². The Labute approximate surface area is 189 Å². The smallest absolute Gasteiger partial charge is 0.255 e. The van der Waals surface area contributed by atoms with Crippen LogP contribution >= 0.6 is 0 Å². The lowest BCUT2D eigenvalue weighted by atomic mass is 9.96. The molecule has 7 heteroatoms. The maximum atomic E-state index is 12.8. The van der Waals surface area contributed by atoms with Crippen LogP contribution in [0, 0.1) is 5.92 Å². The molecule has 1 aliphatic rings. The summed E-state index contributed by atoms with van der Waals surface area (Å²) in [6.45, 7) is 6.83. The van der Waals surface area contributed by atoms with Crippen LogP contribution in [0.3, 0.4) is 0 Å². The highest BCUT2D eigenvalue weighted by Gasteiger charge is 2.23. The van der Waals surface area contributed by atoms with Crippen LogP contribution in [0.4, 0.5) is 11.4 Å². The minimum absolute atomic E-state index is 0.0326. The number of nitrogens with two attached hydrogens (primary N) is 1. The fourth-order valence-corrected chi connectivity index (χ4v) is 3.69. The van der Waals surface area contributed by atoms with Crippen molar-refractivity contribution in [3.8, 4) is 11.5 Å². The fourth-order valence-electron chi connectivity index (χ4n) is 3.69. The number of hydrogen-bond acceptors (Lipinski definition) is 5. The number of nitrogens with zero attached hydrogens (tertiary/aromatic N) is 1. The van der Waals surface area contributed by atoms with Gasteiger partial charge in [-0.05, 0) is 68.1 Å². The monoisotopic (exact) mass is 439 g/mol. The summed E-state index contributed by atoms with van der Waals surface area (Å²) >= 11 is 0. The Morgan fingerprint density at radius 1 is 0.969 bits per heavy atom. The van der Waals surface area contributed by atoms with Crippen molar-refractivity contribution in [3.63, 3.8) is 0 Å². The molecule has 1 saturated heterocycles. The molecule has 0 aromatic heterocycles. The second-order valence-electron chi connectivity index (χ2n) is 8.02.